The summed E-state index contributed by atoms with van der Waals surface area (Å²) in [6.45, 7) is 1.84. The third kappa shape index (κ3) is 4.95. The number of hydrogen-bond donors (Lipinski definition) is 0. The lowest BCUT2D eigenvalue weighted by Gasteiger charge is -2.39. The first kappa shape index (κ1) is 24.6. The molecule has 1 atom stereocenters. The molecule has 1 aromatic heterocycles. The largest absolute Gasteiger partial charge is 0.496 e. The Kier molecular flexibility index (Phi) is 7.23. The van der Waals surface area contributed by atoms with Gasteiger partial charge in [0.15, 0.2) is 0 Å². The Morgan fingerprint density at radius 2 is 1.70 bits per heavy atom. The first-order valence-corrected chi connectivity index (χ1v) is 12.4. The highest BCUT2D eigenvalue weighted by atomic mass is 16.5. The van der Waals surface area contributed by atoms with Gasteiger partial charge in [-0.05, 0) is 41.1 Å². The van der Waals surface area contributed by atoms with Gasteiger partial charge in [0.25, 0.3) is 5.91 Å². The van der Waals surface area contributed by atoms with E-state index in [0.717, 1.165) is 27.8 Å². The van der Waals surface area contributed by atoms with Crippen LogP contribution in [-0.4, -0.2) is 66.6 Å². The summed E-state index contributed by atoms with van der Waals surface area (Å²) in [6.07, 6.45) is 2.04. The first-order chi connectivity index (χ1) is 18.1. The molecule has 0 bridgehead atoms. The lowest BCUT2D eigenvalue weighted by Crippen LogP contribution is -2.48. The monoisotopic (exact) mass is 497 g/mol. The second kappa shape index (κ2) is 10.9. The third-order valence-electron chi connectivity index (χ3n) is 6.97. The van der Waals surface area contributed by atoms with Crippen LogP contribution in [0.3, 0.4) is 0 Å². The molecule has 1 unspecified atom stereocenters. The van der Waals surface area contributed by atoms with Gasteiger partial charge in [-0.25, -0.2) is 0 Å². The van der Waals surface area contributed by atoms with Crippen LogP contribution < -0.4 is 4.74 Å². The Balaban J connectivity index is 1.44. The number of aromatic nitrogens is 1. The van der Waals surface area contributed by atoms with Crippen molar-refractivity contribution in [2.24, 2.45) is 0 Å². The van der Waals surface area contributed by atoms with Crippen molar-refractivity contribution in [2.75, 3.05) is 40.5 Å². The summed E-state index contributed by atoms with van der Waals surface area (Å²) in [5, 5.41) is 2.05. The molecule has 7 nitrogen and oxygen atoms in total. The summed E-state index contributed by atoms with van der Waals surface area (Å²) in [5.74, 6) is 0.419. The molecule has 37 heavy (non-hydrogen) atoms. The normalized spacial score (nSPS) is 14.9. The quantitative estimate of drug-likeness (QED) is 0.363. The van der Waals surface area contributed by atoms with E-state index in [2.05, 4.69) is 4.57 Å². The summed E-state index contributed by atoms with van der Waals surface area (Å²) in [5.41, 5.74) is 2.49. The number of amides is 2. The maximum Gasteiger partial charge on any atom is 0.254 e. The molecule has 0 saturated carbocycles. The summed E-state index contributed by atoms with van der Waals surface area (Å²) in [7, 11) is 3.23. The second-order valence-electron chi connectivity index (χ2n) is 9.14. The predicted octanol–water partition coefficient (Wildman–Crippen LogP) is 4.37. The van der Waals surface area contributed by atoms with Gasteiger partial charge in [-0.1, -0.05) is 48.5 Å². The van der Waals surface area contributed by atoms with E-state index in [1.165, 1.54) is 0 Å². The molecule has 0 N–H and O–H groups in total. The zero-order valence-corrected chi connectivity index (χ0v) is 21.2. The molecule has 0 saturated heterocycles. The van der Waals surface area contributed by atoms with Crippen LogP contribution in [0.5, 0.6) is 5.75 Å². The van der Waals surface area contributed by atoms with E-state index in [1.54, 1.807) is 19.1 Å². The highest BCUT2D eigenvalue weighted by Crippen LogP contribution is 2.37. The fourth-order valence-corrected chi connectivity index (χ4v) is 5.08. The van der Waals surface area contributed by atoms with Gasteiger partial charge in [-0.2, -0.15) is 0 Å². The fraction of sp³-hybridized carbons (Fsp3) is 0.267. The molecule has 2 amide bonds. The van der Waals surface area contributed by atoms with Gasteiger partial charge in [0.05, 0.1) is 13.7 Å². The number of carbonyl (C=O) groups is 2. The van der Waals surface area contributed by atoms with Gasteiger partial charge >= 0.3 is 0 Å². The van der Waals surface area contributed by atoms with Gasteiger partial charge in [0.1, 0.15) is 18.3 Å². The Hall–Kier alpha value is -4.10. The molecule has 0 spiro atoms. The molecule has 0 radical (unpaired) electrons. The van der Waals surface area contributed by atoms with Crippen molar-refractivity contribution in [1.29, 1.82) is 0 Å². The van der Waals surface area contributed by atoms with Crippen LogP contribution in [0, 0.1) is 0 Å². The fourth-order valence-electron chi connectivity index (χ4n) is 5.08. The molecule has 3 aromatic carbocycles. The maximum absolute atomic E-state index is 13.9. The van der Waals surface area contributed by atoms with E-state index in [-0.39, 0.29) is 24.4 Å². The van der Waals surface area contributed by atoms with E-state index >= 15 is 0 Å². The van der Waals surface area contributed by atoms with E-state index in [9.17, 15) is 9.59 Å². The molecule has 0 aliphatic carbocycles. The third-order valence-corrected chi connectivity index (χ3v) is 6.97. The number of rotatable bonds is 8. The highest BCUT2D eigenvalue weighted by molar-refractivity contribution is 6.00. The SMILES string of the molecule is COCCN(CC(=O)N1CCn2cccc2C1c1ccccc1OC)C(=O)c1ccc2ccccc2c1. The van der Waals surface area contributed by atoms with Crippen molar-refractivity contribution in [2.45, 2.75) is 12.6 Å². The topological polar surface area (TPSA) is 64.0 Å². The minimum absolute atomic E-state index is 0.0403. The van der Waals surface area contributed by atoms with E-state index in [1.807, 2.05) is 90.0 Å². The van der Waals surface area contributed by atoms with E-state index in [0.29, 0.717) is 31.8 Å². The lowest BCUT2D eigenvalue weighted by atomic mass is 9.98. The average molecular weight is 498 g/mol. The summed E-state index contributed by atoms with van der Waals surface area (Å²) >= 11 is 0. The number of fused-ring (bicyclic) bond motifs is 2. The van der Waals surface area contributed by atoms with Gasteiger partial charge in [0, 0.05) is 49.8 Å². The average Bonchev–Trinajstić information content (AvgIpc) is 3.43. The van der Waals surface area contributed by atoms with Gasteiger partial charge in [-0.3, -0.25) is 9.59 Å². The van der Waals surface area contributed by atoms with E-state index < -0.39 is 0 Å². The van der Waals surface area contributed by atoms with Crippen molar-refractivity contribution >= 4 is 22.6 Å². The Labute approximate surface area is 216 Å². The highest BCUT2D eigenvalue weighted by Gasteiger charge is 2.35. The molecular formula is C30H31N3O4. The molecule has 5 rings (SSSR count). The summed E-state index contributed by atoms with van der Waals surface area (Å²) in [6, 6.07) is 25.1. The number of hydrogen-bond acceptors (Lipinski definition) is 4. The van der Waals surface area contributed by atoms with Crippen LogP contribution in [0.2, 0.25) is 0 Å². The Bertz CT molecular complexity index is 1410. The minimum Gasteiger partial charge on any atom is -0.496 e. The van der Waals surface area contributed by atoms with Crippen LogP contribution in [0.25, 0.3) is 10.8 Å². The van der Waals surface area contributed by atoms with Crippen LogP contribution in [0.15, 0.2) is 85.1 Å². The molecular weight excluding hydrogens is 466 g/mol. The zero-order valence-electron chi connectivity index (χ0n) is 21.2. The molecule has 1 aliphatic rings. The van der Waals surface area contributed by atoms with Crippen molar-refractivity contribution in [1.82, 2.24) is 14.4 Å². The molecule has 0 fully saturated rings. The lowest BCUT2D eigenvalue weighted by molar-refractivity contribution is -0.134. The van der Waals surface area contributed by atoms with Gasteiger partial charge in [0.2, 0.25) is 5.91 Å². The van der Waals surface area contributed by atoms with Crippen molar-refractivity contribution in [3.05, 3.63) is 102 Å². The smallest absolute Gasteiger partial charge is 0.254 e. The molecule has 2 heterocycles. The van der Waals surface area contributed by atoms with Crippen LogP contribution in [0.1, 0.15) is 27.7 Å². The maximum atomic E-state index is 13.9. The van der Waals surface area contributed by atoms with Crippen molar-refractivity contribution in [3.63, 3.8) is 0 Å². The molecule has 4 aromatic rings. The summed E-state index contributed by atoms with van der Waals surface area (Å²) < 4.78 is 13.1. The van der Waals surface area contributed by atoms with Gasteiger partial charge in [-0.15, -0.1) is 0 Å². The standard InChI is InChI=1S/C30H31N3O4/c1-36-19-18-32(30(35)24-14-13-22-8-3-4-9-23(22)20-24)21-28(34)33-17-16-31-15-7-11-26(31)29(33)25-10-5-6-12-27(25)37-2/h3-15,20,29H,16-19,21H2,1-2H3. The molecule has 7 heteroatoms. The zero-order chi connectivity index (χ0) is 25.8. The van der Waals surface area contributed by atoms with E-state index in [4.69, 9.17) is 9.47 Å². The number of para-hydroxylation sites is 1. The number of carbonyl (C=O) groups excluding carboxylic acids is 2. The van der Waals surface area contributed by atoms with Gasteiger partial charge < -0.3 is 23.8 Å². The molecule has 190 valence electrons. The van der Waals surface area contributed by atoms with Crippen LogP contribution in [0.4, 0.5) is 0 Å². The second-order valence-corrected chi connectivity index (χ2v) is 9.14. The van der Waals surface area contributed by atoms with Crippen LogP contribution >= 0.6 is 0 Å². The predicted molar refractivity (Wildman–Crippen MR) is 143 cm³/mol. The van der Waals surface area contributed by atoms with Crippen molar-refractivity contribution in [3.8, 4) is 5.75 Å². The van der Waals surface area contributed by atoms with Crippen LogP contribution in [-0.2, 0) is 16.1 Å². The van der Waals surface area contributed by atoms with Crippen molar-refractivity contribution < 1.29 is 19.1 Å². The minimum atomic E-state index is -0.313. The summed E-state index contributed by atoms with van der Waals surface area (Å²) in [4.78, 5) is 30.9. The Morgan fingerprint density at radius 3 is 2.51 bits per heavy atom. The molecule has 1 aliphatic heterocycles. The number of ether oxygens (including phenoxy) is 2. The number of benzene rings is 3. The Morgan fingerprint density at radius 1 is 0.919 bits per heavy atom. The number of nitrogens with zero attached hydrogens (tertiary/aromatic N) is 3. The number of methoxy groups -OCH3 is 2. The first-order valence-electron chi connectivity index (χ1n) is 12.4.